The Labute approximate surface area is 182 Å². The van der Waals surface area contributed by atoms with Crippen LogP contribution in [0.25, 0.3) is 0 Å². The molecule has 0 aliphatic carbocycles. The van der Waals surface area contributed by atoms with E-state index in [1.807, 2.05) is 36.0 Å². The highest BCUT2D eigenvalue weighted by Gasteiger charge is 2.19. The maximum Gasteiger partial charge on any atom is 0.161 e. The molecule has 6 heteroatoms. The maximum absolute atomic E-state index is 13.0. The lowest BCUT2D eigenvalue weighted by Gasteiger charge is -2.24. The molecule has 0 bridgehead atoms. The molecule has 2 aromatic carbocycles. The number of fused-ring (bicyclic) bond motifs is 2. The van der Waals surface area contributed by atoms with Gasteiger partial charge >= 0.3 is 0 Å². The SMILES string of the molecule is [O-]C(=NC(Cc1ccc2c(c1)OCCO2)CN1CCCC1)c1ccc2c(c1)CCS2. The molecule has 0 N–H and O–H groups in total. The van der Waals surface area contributed by atoms with E-state index in [9.17, 15) is 5.11 Å². The van der Waals surface area contributed by atoms with Gasteiger partial charge in [0, 0.05) is 17.2 Å². The average molecular weight is 424 g/mol. The predicted octanol–water partition coefficient (Wildman–Crippen LogP) is 2.92. The van der Waals surface area contributed by atoms with Crippen LogP contribution in [0.3, 0.4) is 0 Å². The van der Waals surface area contributed by atoms with Crippen molar-refractivity contribution in [3.63, 3.8) is 0 Å². The number of thioether (sulfide) groups is 1. The van der Waals surface area contributed by atoms with Gasteiger partial charge in [0.2, 0.25) is 0 Å². The number of ether oxygens (including phenoxy) is 2. The fourth-order valence-electron chi connectivity index (χ4n) is 4.46. The number of rotatable bonds is 6. The van der Waals surface area contributed by atoms with E-state index >= 15 is 0 Å². The minimum atomic E-state index is -0.101. The van der Waals surface area contributed by atoms with Crippen LogP contribution in [0.4, 0.5) is 0 Å². The van der Waals surface area contributed by atoms with Gasteiger partial charge in [-0.25, -0.2) is 0 Å². The summed E-state index contributed by atoms with van der Waals surface area (Å²) in [5.74, 6) is 2.59. The van der Waals surface area contributed by atoms with Gasteiger partial charge in [-0.1, -0.05) is 12.1 Å². The van der Waals surface area contributed by atoms with Crippen molar-refractivity contribution in [2.24, 2.45) is 4.99 Å². The van der Waals surface area contributed by atoms with Gasteiger partial charge in [-0.15, -0.1) is 11.8 Å². The Bertz CT molecular complexity index is 940. The summed E-state index contributed by atoms with van der Waals surface area (Å²) in [4.78, 5) is 8.42. The van der Waals surface area contributed by atoms with E-state index in [1.54, 1.807) is 0 Å². The number of aryl methyl sites for hydroxylation is 1. The van der Waals surface area contributed by atoms with E-state index in [1.165, 1.54) is 23.3 Å². The molecule has 30 heavy (non-hydrogen) atoms. The summed E-state index contributed by atoms with van der Waals surface area (Å²) in [6.07, 6.45) is 4.22. The summed E-state index contributed by atoms with van der Waals surface area (Å²) >= 11 is 1.87. The van der Waals surface area contributed by atoms with Gasteiger partial charge < -0.3 is 19.5 Å². The molecule has 5 nitrogen and oxygen atoms in total. The Hall–Kier alpha value is -2.18. The minimum absolute atomic E-state index is 0.0687. The molecule has 0 amide bonds. The third-order valence-corrected chi connectivity index (χ3v) is 7.10. The molecule has 1 saturated heterocycles. The van der Waals surface area contributed by atoms with E-state index in [4.69, 9.17) is 9.47 Å². The maximum atomic E-state index is 13.0. The van der Waals surface area contributed by atoms with E-state index in [2.05, 4.69) is 22.0 Å². The first-order chi connectivity index (χ1) is 14.7. The van der Waals surface area contributed by atoms with Crippen LogP contribution < -0.4 is 14.6 Å². The van der Waals surface area contributed by atoms with Gasteiger partial charge in [0.05, 0.1) is 6.04 Å². The first-order valence-corrected chi connectivity index (χ1v) is 11.8. The second-order valence-electron chi connectivity index (χ2n) is 8.20. The molecule has 2 aromatic rings. The topological polar surface area (TPSA) is 57.1 Å². The highest BCUT2D eigenvalue weighted by molar-refractivity contribution is 7.99. The predicted molar refractivity (Wildman–Crippen MR) is 118 cm³/mol. The summed E-state index contributed by atoms with van der Waals surface area (Å²) in [5, 5.41) is 13.0. The molecule has 0 spiro atoms. The number of hydrogen-bond acceptors (Lipinski definition) is 6. The number of aliphatic imine (C=N–C) groups is 1. The van der Waals surface area contributed by atoms with Gasteiger partial charge in [0.1, 0.15) is 13.2 Å². The van der Waals surface area contributed by atoms with Crippen LogP contribution >= 0.6 is 11.8 Å². The fraction of sp³-hybridized carbons (Fsp3) is 0.458. The third kappa shape index (κ3) is 4.44. The molecule has 5 rings (SSSR count). The summed E-state index contributed by atoms with van der Waals surface area (Å²) in [5.41, 5.74) is 3.12. The van der Waals surface area contributed by atoms with Crippen molar-refractivity contribution in [1.82, 2.24) is 4.90 Å². The van der Waals surface area contributed by atoms with Crippen LogP contribution in [0.15, 0.2) is 46.3 Å². The zero-order valence-electron chi connectivity index (χ0n) is 17.1. The monoisotopic (exact) mass is 423 g/mol. The minimum Gasteiger partial charge on any atom is -0.858 e. The van der Waals surface area contributed by atoms with E-state index in [0.717, 1.165) is 55.3 Å². The number of hydrogen-bond donors (Lipinski definition) is 0. The second kappa shape index (κ2) is 8.90. The highest BCUT2D eigenvalue weighted by atomic mass is 32.2. The van der Waals surface area contributed by atoms with Crippen molar-refractivity contribution in [2.75, 3.05) is 38.6 Å². The standard InChI is InChI=1S/C24H28N2O3S/c27-24(19-4-6-23-18(15-19)7-12-30-23)25-20(16-26-8-1-2-9-26)13-17-3-5-21-22(14-17)29-11-10-28-21/h3-6,14-15,20H,1-2,7-13,16H2,(H,25,27)/p-1. The van der Waals surface area contributed by atoms with E-state index in [-0.39, 0.29) is 11.9 Å². The normalized spacial score (nSPS) is 19.7. The van der Waals surface area contributed by atoms with Crippen LogP contribution in [0.2, 0.25) is 0 Å². The molecule has 1 fully saturated rings. The average Bonchev–Trinajstić information content (AvgIpc) is 3.44. The summed E-state index contributed by atoms with van der Waals surface area (Å²) in [7, 11) is 0. The van der Waals surface area contributed by atoms with Gasteiger partial charge in [-0.2, -0.15) is 0 Å². The molecule has 3 aliphatic heterocycles. The van der Waals surface area contributed by atoms with Crippen LogP contribution in [-0.4, -0.2) is 55.4 Å². The molecular weight excluding hydrogens is 396 g/mol. The van der Waals surface area contributed by atoms with Crippen molar-refractivity contribution in [2.45, 2.75) is 36.6 Å². The Kier molecular flexibility index (Phi) is 5.86. The molecule has 1 unspecified atom stereocenters. The van der Waals surface area contributed by atoms with E-state index < -0.39 is 0 Å². The Morgan fingerprint density at radius 2 is 1.90 bits per heavy atom. The second-order valence-corrected chi connectivity index (χ2v) is 9.34. The highest BCUT2D eigenvalue weighted by Crippen LogP contribution is 2.32. The molecule has 3 heterocycles. The fourth-order valence-corrected chi connectivity index (χ4v) is 5.51. The summed E-state index contributed by atoms with van der Waals surface area (Å²) in [6.45, 7) is 4.18. The number of benzene rings is 2. The molecule has 0 aromatic heterocycles. The summed E-state index contributed by atoms with van der Waals surface area (Å²) < 4.78 is 11.4. The molecule has 158 valence electrons. The summed E-state index contributed by atoms with van der Waals surface area (Å²) in [6, 6.07) is 12.1. The van der Waals surface area contributed by atoms with Gasteiger partial charge in [0.25, 0.3) is 0 Å². The number of likely N-dealkylation sites (tertiary alicyclic amines) is 1. The van der Waals surface area contributed by atoms with Crippen molar-refractivity contribution in [3.05, 3.63) is 53.1 Å². The zero-order valence-corrected chi connectivity index (χ0v) is 18.0. The van der Waals surface area contributed by atoms with Crippen LogP contribution in [0, 0.1) is 0 Å². The van der Waals surface area contributed by atoms with Crippen LogP contribution in [0.1, 0.15) is 29.5 Å². The van der Waals surface area contributed by atoms with Gasteiger partial charge in [-0.3, -0.25) is 4.99 Å². The Balaban J connectivity index is 1.37. The van der Waals surface area contributed by atoms with Crippen molar-refractivity contribution < 1.29 is 14.6 Å². The number of nitrogens with zero attached hydrogens (tertiary/aromatic N) is 2. The first kappa shape index (κ1) is 19.8. The Morgan fingerprint density at radius 1 is 1.07 bits per heavy atom. The smallest absolute Gasteiger partial charge is 0.161 e. The van der Waals surface area contributed by atoms with Gasteiger partial charge in [0.15, 0.2) is 11.5 Å². The van der Waals surface area contributed by atoms with Crippen LogP contribution in [-0.2, 0) is 12.8 Å². The van der Waals surface area contributed by atoms with Crippen molar-refractivity contribution in [1.29, 1.82) is 0 Å². The lowest BCUT2D eigenvalue weighted by atomic mass is 10.0. The van der Waals surface area contributed by atoms with E-state index in [0.29, 0.717) is 18.8 Å². The van der Waals surface area contributed by atoms with Crippen molar-refractivity contribution in [3.8, 4) is 11.5 Å². The third-order valence-electron chi connectivity index (χ3n) is 5.98. The quantitative estimate of drug-likeness (QED) is 0.528. The largest absolute Gasteiger partial charge is 0.858 e. The van der Waals surface area contributed by atoms with Crippen LogP contribution in [0.5, 0.6) is 11.5 Å². The Morgan fingerprint density at radius 3 is 2.77 bits per heavy atom. The van der Waals surface area contributed by atoms with Crippen molar-refractivity contribution >= 4 is 17.7 Å². The molecule has 0 radical (unpaired) electrons. The lowest BCUT2D eigenvalue weighted by molar-refractivity contribution is -0.213. The van der Waals surface area contributed by atoms with Gasteiger partial charge in [-0.05, 0) is 85.6 Å². The zero-order chi connectivity index (χ0) is 20.3. The molecule has 3 aliphatic rings. The lowest BCUT2D eigenvalue weighted by Crippen LogP contribution is -2.33. The molecule has 0 saturated carbocycles. The molecule has 1 atom stereocenters. The first-order valence-electron chi connectivity index (χ1n) is 10.9. The molecular formula is C24H27N2O3S-.